The molecule has 0 spiro atoms. The largest absolute Gasteiger partial charge is 0.412 e. The molecule has 2 aromatic rings. The molecule has 22 heavy (non-hydrogen) atoms. The monoisotopic (exact) mass is 307 g/mol. The molecule has 0 saturated carbocycles. The first-order chi connectivity index (χ1) is 9.62. The first-order valence-corrected chi connectivity index (χ1v) is 7.33. The Morgan fingerprint density at radius 1 is 0.955 bits per heavy atom. The molecule has 0 radical (unpaired) electrons. The molecule has 0 aliphatic carbocycles. The van der Waals surface area contributed by atoms with Crippen molar-refractivity contribution in [1.82, 2.24) is 4.90 Å². The van der Waals surface area contributed by atoms with Crippen molar-refractivity contribution in [1.29, 1.82) is 0 Å². The summed E-state index contributed by atoms with van der Waals surface area (Å²) >= 11 is 0. The maximum atomic E-state index is 11.8. The van der Waals surface area contributed by atoms with Gasteiger partial charge in [-0.1, -0.05) is 62.7 Å². The van der Waals surface area contributed by atoms with Crippen LogP contribution in [0.2, 0.25) is 0 Å². The van der Waals surface area contributed by atoms with E-state index in [1.807, 2.05) is 32.2 Å². The lowest BCUT2D eigenvalue weighted by Crippen LogP contribution is -2.27. The summed E-state index contributed by atoms with van der Waals surface area (Å²) in [5.41, 5.74) is 1.08. The van der Waals surface area contributed by atoms with Crippen LogP contribution in [0.4, 0.5) is 0 Å². The summed E-state index contributed by atoms with van der Waals surface area (Å²) in [4.78, 5) is 13.6. The quantitative estimate of drug-likeness (QED) is 0.858. The molecule has 2 rings (SSSR count). The van der Waals surface area contributed by atoms with Crippen LogP contribution in [0.5, 0.6) is 0 Å². The Kier molecular flexibility index (Phi) is 11.9. The van der Waals surface area contributed by atoms with Crippen molar-refractivity contribution in [2.24, 2.45) is 0 Å². The van der Waals surface area contributed by atoms with Gasteiger partial charge < -0.3 is 15.9 Å². The summed E-state index contributed by atoms with van der Waals surface area (Å²) < 4.78 is 0. The van der Waals surface area contributed by atoms with E-state index < -0.39 is 0 Å². The summed E-state index contributed by atoms with van der Waals surface area (Å²) in [7, 11) is 1.84. The van der Waals surface area contributed by atoms with E-state index >= 15 is 0 Å². The van der Waals surface area contributed by atoms with E-state index in [4.69, 9.17) is 0 Å². The fraction of sp³-hybridized carbons (Fsp3) is 0.389. The van der Waals surface area contributed by atoms with Gasteiger partial charge in [-0.3, -0.25) is 4.79 Å². The summed E-state index contributed by atoms with van der Waals surface area (Å²) in [5, 5.41) is 2.41. The Labute approximate surface area is 133 Å². The van der Waals surface area contributed by atoms with Crippen LogP contribution in [-0.2, 0) is 11.2 Å². The average molecular weight is 307 g/mol. The first kappa shape index (κ1) is 22.4. The van der Waals surface area contributed by atoms with Gasteiger partial charge in [-0.2, -0.15) is 0 Å². The molecule has 4 nitrogen and oxygen atoms in total. The Balaban J connectivity index is 0. The van der Waals surface area contributed by atoms with E-state index in [0.29, 0.717) is 6.42 Å². The number of rotatable bonds is 3. The molecule has 1 amide bonds. The van der Waals surface area contributed by atoms with Crippen LogP contribution in [0.3, 0.4) is 0 Å². The van der Waals surface area contributed by atoms with Crippen molar-refractivity contribution >= 4 is 16.7 Å². The lowest BCUT2D eigenvalue weighted by Gasteiger charge is -2.14. The number of fused-ring (bicyclic) bond motifs is 1. The van der Waals surface area contributed by atoms with Crippen molar-refractivity contribution in [3.8, 4) is 0 Å². The number of hydrogen-bond donors (Lipinski definition) is 0. The van der Waals surface area contributed by atoms with E-state index in [0.717, 1.165) is 12.1 Å². The third kappa shape index (κ3) is 6.70. The lowest BCUT2D eigenvalue weighted by molar-refractivity contribution is -0.128. The molecule has 2 aromatic carbocycles. The van der Waals surface area contributed by atoms with E-state index in [-0.39, 0.29) is 16.9 Å². The van der Waals surface area contributed by atoms with Gasteiger partial charge in [0.05, 0.1) is 6.42 Å². The summed E-state index contributed by atoms with van der Waals surface area (Å²) in [5.74, 6) is 0.169. The third-order valence-corrected chi connectivity index (χ3v) is 3.07. The zero-order valence-electron chi connectivity index (χ0n) is 14.0. The van der Waals surface area contributed by atoms with Gasteiger partial charge in [-0.05, 0) is 23.3 Å². The van der Waals surface area contributed by atoms with Crippen molar-refractivity contribution < 1.29 is 15.7 Å². The van der Waals surface area contributed by atoms with Gasteiger partial charge in [0.25, 0.3) is 0 Å². The van der Waals surface area contributed by atoms with E-state index in [2.05, 4.69) is 38.1 Å². The van der Waals surface area contributed by atoms with Gasteiger partial charge >= 0.3 is 0 Å². The second-order valence-electron chi connectivity index (χ2n) is 4.97. The number of benzene rings is 2. The highest BCUT2D eigenvalue weighted by Gasteiger charge is 2.07. The highest BCUT2D eigenvalue weighted by molar-refractivity contribution is 5.85. The molecule has 0 heterocycles. The molecule has 0 fully saturated rings. The molecule has 124 valence electrons. The number of amides is 1. The molecule has 4 heteroatoms. The number of hydrogen-bond acceptors (Lipinski definition) is 1. The molecular weight excluding hydrogens is 278 g/mol. The Bertz CT molecular complexity index is 555. The molecule has 0 aromatic heterocycles. The van der Waals surface area contributed by atoms with Crippen LogP contribution in [0.15, 0.2) is 42.5 Å². The smallest absolute Gasteiger partial charge is 0.226 e. The summed E-state index contributed by atoms with van der Waals surface area (Å²) in [6, 6.07) is 14.4. The fourth-order valence-electron chi connectivity index (χ4n) is 1.83. The number of carbonyl (C=O) groups is 1. The zero-order valence-corrected chi connectivity index (χ0v) is 14.0. The second-order valence-corrected chi connectivity index (χ2v) is 4.97. The summed E-state index contributed by atoms with van der Waals surface area (Å²) in [6.07, 6.45) is 1.73. The van der Waals surface area contributed by atoms with E-state index in [9.17, 15) is 4.79 Å². The molecule has 0 saturated heterocycles. The van der Waals surface area contributed by atoms with Gasteiger partial charge in [0.1, 0.15) is 0 Å². The highest BCUT2D eigenvalue weighted by atomic mass is 16.2. The van der Waals surface area contributed by atoms with E-state index in [1.54, 1.807) is 4.90 Å². The van der Waals surface area contributed by atoms with Crippen molar-refractivity contribution in [2.45, 2.75) is 33.6 Å². The van der Waals surface area contributed by atoms with Crippen molar-refractivity contribution in [2.75, 3.05) is 13.6 Å². The number of likely N-dealkylation sites (N-methyl/N-ethyl adjacent to an activating group) is 1. The minimum absolute atomic E-state index is 0. The maximum Gasteiger partial charge on any atom is 0.226 e. The third-order valence-electron chi connectivity index (χ3n) is 3.07. The molecule has 0 bridgehead atoms. The fourth-order valence-corrected chi connectivity index (χ4v) is 1.83. The van der Waals surface area contributed by atoms with Gasteiger partial charge in [-0.15, -0.1) is 0 Å². The highest BCUT2D eigenvalue weighted by Crippen LogP contribution is 2.16. The zero-order chi connectivity index (χ0) is 15.0. The molecule has 0 unspecified atom stereocenters. The molecule has 0 aliphatic rings. The molecule has 0 aliphatic heterocycles. The van der Waals surface area contributed by atoms with Gasteiger partial charge in [0.2, 0.25) is 5.91 Å². The maximum absolute atomic E-state index is 11.8. The first-order valence-electron chi connectivity index (χ1n) is 7.33. The minimum Gasteiger partial charge on any atom is -0.412 e. The SMILES string of the molecule is CCC.CCN(C)C(=O)Cc1ccc2ccccc2c1.O.O. The Morgan fingerprint density at radius 2 is 1.50 bits per heavy atom. The Hall–Kier alpha value is -1.91. The predicted molar refractivity (Wildman–Crippen MR) is 94.2 cm³/mol. The number of nitrogens with zero attached hydrogens (tertiary/aromatic N) is 1. The summed E-state index contributed by atoms with van der Waals surface area (Å²) in [6.45, 7) is 6.99. The van der Waals surface area contributed by atoms with Crippen LogP contribution in [0.25, 0.3) is 10.8 Å². The van der Waals surface area contributed by atoms with Gasteiger partial charge in [0.15, 0.2) is 0 Å². The van der Waals surface area contributed by atoms with Crippen LogP contribution in [-0.4, -0.2) is 35.4 Å². The standard InChI is InChI=1S/C15H17NO.C3H8.2H2O/c1-3-16(2)15(17)11-12-8-9-13-6-4-5-7-14(13)10-12;1-3-2;;/h4-10H,3,11H2,1-2H3;3H2,1-2H3;2*1H2. The van der Waals surface area contributed by atoms with Gasteiger partial charge in [0, 0.05) is 13.6 Å². The minimum atomic E-state index is 0. The average Bonchev–Trinajstić information content (AvgIpc) is 2.47. The molecular formula is C18H29NO3. The number of carbonyl (C=O) groups excluding carboxylic acids is 1. The van der Waals surface area contributed by atoms with Crippen LogP contribution in [0, 0.1) is 0 Å². The van der Waals surface area contributed by atoms with E-state index in [1.165, 1.54) is 17.2 Å². The Morgan fingerprint density at radius 3 is 2.05 bits per heavy atom. The predicted octanol–water partition coefficient (Wildman–Crippen LogP) is 2.63. The van der Waals surface area contributed by atoms with Crippen molar-refractivity contribution in [3.63, 3.8) is 0 Å². The molecule has 4 N–H and O–H groups in total. The molecule has 0 atom stereocenters. The normalized spacial score (nSPS) is 8.91. The van der Waals surface area contributed by atoms with Crippen LogP contribution in [0.1, 0.15) is 32.8 Å². The lowest BCUT2D eigenvalue weighted by atomic mass is 10.0. The van der Waals surface area contributed by atoms with Crippen molar-refractivity contribution in [3.05, 3.63) is 48.0 Å². The van der Waals surface area contributed by atoms with Crippen LogP contribution < -0.4 is 0 Å². The van der Waals surface area contributed by atoms with Crippen LogP contribution >= 0.6 is 0 Å². The second kappa shape index (κ2) is 11.7. The van der Waals surface area contributed by atoms with Gasteiger partial charge in [-0.25, -0.2) is 0 Å². The topological polar surface area (TPSA) is 83.3 Å².